The third kappa shape index (κ3) is 4.40. The normalized spacial score (nSPS) is 16.8. The van der Waals surface area contributed by atoms with Gasteiger partial charge in [-0.05, 0) is 73.9 Å². The fourth-order valence-corrected chi connectivity index (χ4v) is 4.35. The molecule has 1 aliphatic rings. The van der Waals surface area contributed by atoms with E-state index in [1.807, 2.05) is 32.9 Å². The number of benzene rings is 3. The first-order chi connectivity index (χ1) is 17.3. The average molecular weight is 488 g/mol. The number of anilines is 1. The van der Waals surface area contributed by atoms with E-state index in [4.69, 9.17) is 14.2 Å². The fourth-order valence-electron chi connectivity index (χ4n) is 4.35. The molecule has 0 aromatic heterocycles. The number of carbonyl (C=O) groups is 2. The van der Waals surface area contributed by atoms with Gasteiger partial charge in [-0.3, -0.25) is 14.5 Å². The molecule has 1 N–H and O–H groups in total. The summed E-state index contributed by atoms with van der Waals surface area (Å²) in [6, 6.07) is 16.7. The first-order valence-electron chi connectivity index (χ1n) is 11.6. The Morgan fingerprint density at radius 2 is 1.69 bits per heavy atom. The van der Waals surface area contributed by atoms with Crippen LogP contribution in [0, 0.1) is 13.8 Å². The Balaban J connectivity index is 1.98. The van der Waals surface area contributed by atoms with E-state index in [1.165, 1.54) is 12.0 Å². The highest BCUT2D eigenvalue weighted by molar-refractivity contribution is 6.51. The minimum atomic E-state index is -0.886. The minimum absolute atomic E-state index is 0.0147. The van der Waals surface area contributed by atoms with E-state index in [0.29, 0.717) is 40.7 Å². The van der Waals surface area contributed by atoms with E-state index in [-0.39, 0.29) is 11.3 Å². The molecular weight excluding hydrogens is 458 g/mol. The lowest BCUT2D eigenvalue weighted by Gasteiger charge is -2.26. The summed E-state index contributed by atoms with van der Waals surface area (Å²) in [5, 5.41) is 11.4. The molecule has 1 heterocycles. The van der Waals surface area contributed by atoms with Crippen LogP contribution in [0.15, 0.2) is 66.2 Å². The number of rotatable bonds is 7. The summed E-state index contributed by atoms with van der Waals surface area (Å²) in [5.41, 5.74) is 3.55. The van der Waals surface area contributed by atoms with Crippen LogP contribution in [0.25, 0.3) is 5.76 Å². The van der Waals surface area contributed by atoms with Crippen molar-refractivity contribution in [1.29, 1.82) is 0 Å². The summed E-state index contributed by atoms with van der Waals surface area (Å²) >= 11 is 0. The van der Waals surface area contributed by atoms with Crippen molar-refractivity contribution < 1.29 is 28.9 Å². The first-order valence-corrected chi connectivity index (χ1v) is 11.6. The maximum absolute atomic E-state index is 13.4. The van der Waals surface area contributed by atoms with Crippen molar-refractivity contribution in [2.75, 3.05) is 25.7 Å². The Bertz CT molecular complexity index is 1360. The van der Waals surface area contributed by atoms with Crippen LogP contribution in [0.2, 0.25) is 0 Å². The van der Waals surface area contributed by atoms with Crippen molar-refractivity contribution in [3.63, 3.8) is 0 Å². The van der Waals surface area contributed by atoms with Gasteiger partial charge in [-0.25, -0.2) is 0 Å². The zero-order chi connectivity index (χ0) is 26.0. The summed E-state index contributed by atoms with van der Waals surface area (Å²) in [6.07, 6.45) is 0. The van der Waals surface area contributed by atoms with Crippen LogP contribution < -0.4 is 19.1 Å². The number of ether oxygens (including phenoxy) is 3. The lowest BCUT2D eigenvalue weighted by molar-refractivity contribution is -0.132. The zero-order valence-electron chi connectivity index (χ0n) is 21.0. The standard InChI is InChI=1S/C29H29NO6/c1-6-36-24-16-19(11-13-23(24)35-5)26-25(27(31)20-8-7-9-22(15-20)34-4)28(32)29(33)30(26)21-12-10-17(2)18(3)14-21/h7-16,26,31H,6H2,1-5H3/b27-25+. The highest BCUT2D eigenvalue weighted by Gasteiger charge is 2.47. The Labute approximate surface area is 210 Å². The quantitative estimate of drug-likeness (QED) is 0.275. The Kier molecular flexibility index (Phi) is 7.01. The number of nitrogens with zero attached hydrogens (tertiary/aromatic N) is 1. The number of Topliss-reactive ketones (excluding diaryl/α,β-unsaturated/α-hetero) is 1. The molecule has 186 valence electrons. The van der Waals surface area contributed by atoms with E-state index < -0.39 is 17.7 Å². The highest BCUT2D eigenvalue weighted by atomic mass is 16.5. The van der Waals surface area contributed by atoms with Gasteiger partial charge < -0.3 is 19.3 Å². The third-order valence-corrected chi connectivity index (χ3v) is 6.36. The van der Waals surface area contributed by atoms with Gasteiger partial charge in [0.15, 0.2) is 11.5 Å². The van der Waals surface area contributed by atoms with Gasteiger partial charge in [0.1, 0.15) is 11.5 Å². The summed E-state index contributed by atoms with van der Waals surface area (Å²) in [4.78, 5) is 28.3. The van der Waals surface area contributed by atoms with Crippen molar-refractivity contribution in [3.05, 3.63) is 88.5 Å². The SMILES string of the molecule is CCOc1cc(C2/C(=C(\O)c3cccc(OC)c3)C(=O)C(=O)N2c2ccc(C)c(C)c2)ccc1OC. The number of ketones is 1. The van der Waals surface area contributed by atoms with Gasteiger partial charge in [0.25, 0.3) is 11.7 Å². The molecule has 0 saturated carbocycles. The van der Waals surface area contributed by atoms with Gasteiger partial charge in [-0.1, -0.05) is 24.3 Å². The van der Waals surface area contributed by atoms with E-state index in [1.54, 1.807) is 55.6 Å². The number of aliphatic hydroxyl groups excluding tert-OH is 1. The average Bonchev–Trinajstić information content (AvgIpc) is 3.15. The monoisotopic (exact) mass is 487 g/mol. The zero-order valence-corrected chi connectivity index (χ0v) is 21.0. The van der Waals surface area contributed by atoms with E-state index >= 15 is 0 Å². The van der Waals surface area contributed by atoms with Crippen molar-refractivity contribution in [3.8, 4) is 17.2 Å². The first kappa shape index (κ1) is 24.9. The van der Waals surface area contributed by atoms with E-state index in [0.717, 1.165) is 11.1 Å². The molecule has 7 heteroatoms. The molecule has 1 saturated heterocycles. The lowest BCUT2D eigenvalue weighted by atomic mass is 9.94. The fraction of sp³-hybridized carbons (Fsp3) is 0.241. The van der Waals surface area contributed by atoms with Gasteiger partial charge in [-0.15, -0.1) is 0 Å². The Morgan fingerprint density at radius 1 is 0.917 bits per heavy atom. The topological polar surface area (TPSA) is 85.3 Å². The molecule has 0 bridgehead atoms. The summed E-state index contributed by atoms with van der Waals surface area (Å²) in [7, 11) is 3.06. The molecule has 1 amide bonds. The molecule has 1 aliphatic heterocycles. The number of aliphatic hydroxyl groups is 1. The van der Waals surface area contributed by atoms with Gasteiger partial charge in [0, 0.05) is 11.3 Å². The highest BCUT2D eigenvalue weighted by Crippen LogP contribution is 2.44. The molecule has 1 fully saturated rings. The van der Waals surface area contributed by atoms with Crippen LogP contribution in [0.3, 0.4) is 0 Å². The maximum Gasteiger partial charge on any atom is 0.300 e. The number of hydrogen-bond acceptors (Lipinski definition) is 6. The van der Waals surface area contributed by atoms with Crippen LogP contribution in [-0.2, 0) is 9.59 Å². The van der Waals surface area contributed by atoms with Crippen LogP contribution in [0.1, 0.15) is 35.2 Å². The number of amides is 1. The predicted octanol–water partition coefficient (Wildman–Crippen LogP) is 5.35. The molecule has 3 aromatic carbocycles. The van der Waals surface area contributed by atoms with Crippen molar-refractivity contribution in [1.82, 2.24) is 0 Å². The molecule has 0 aliphatic carbocycles. The molecule has 0 radical (unpaired) electrons. The van der Waals surface area contributed by atoms with Gasteiger partial charge in [0.05, 0.1) is 32.4 Å². The Hall–Kier alpha value is -4.26. The molecule has 0 spiro atoms. The second kappa shape index (κ2) is 10.2. The van der Waals surface area contributed by atoms with Crippen molar-refractivity contribution in [2.45, 2.75) is 26.8 Å². The van der Waals surface area contributed by atoms with Crippen LogP contribution in [-0.4, -0.2) is 37.6 Å². The summed E-state index contributed by atoms with van der Waals surface area (Å²) < 4.78 is 16.5. The van der Waals surface area contributed by atoms with Gasteiger partial charge >= 0.3 is 0 Å². The number of carbonyl (C=O) groups excluding carboxylic acids is 2. The molecule has 7 nitrogen and oxygen atoms in total. The predicted molar refractivity (Wildman–Crippen MR) is 138 cm³/mol. The van der Waals surface area contributed by atoms with Gasteiger partial charge in [-0.2, -0.15) is 0 Å². The number of hydrogen-bond donors (Lipinski definition) is 1. The van der Waals surface area contributed by atoms with Crippen LogP contribution in [0.5, 0.6) is 17.2 Å². The molecular formula is C29H29NO6. The smallest absolute Gasteiger partial charge is 0.300 e. The van der Waals surface area contributed by atoms with Crippen LogP contribution >= 0.6 is 0 Å². The molecule has 3 aromatic rings. The maximum atomic E-state index is 13.4. The van der Waals surface area contributed by atoms with Crippen LogP contribution in [0.4, 0.5) is 5.69 Å². The number of aryl methyl sites for hydroxylation is 2. The lowest BCUT2D eigenvalue weighted by Crippen LogP contribution is -2.29. The number of methoxy groups -OCH3 is 2. The minimum Gasteiger partial charge on any atom is -0.507 e. The van der Waals surface area contributed by atoms with Crippen molar-refractivity contribution in [2.24, 2.45) is 0 Å². The Morgan fingerprint density at radius 3 is 2.36 bits per heavy atom. The largest absolute Gasteiger partial charge is 0.507 e. The van der Waals surface area contributed by atoms with E-state index in [2.05, 4.69) is 0 Å². The summed E-state index contributed by atoms with van der Waals surface area (Å²) in [6.45, 7) is 6.18. The van der Waals surface area contributed by atoms with Gasteiger partial charge in [0.2, 0.25) is 0 Å². The van der Waals surface area contributed by atoms with E-state index in [9.17, 15) is 14.7 Å². The molecule has 36 heavy (non-hydrogen) atoms. The molecule has 4 rings (SSSR count). The second-order valence-corrected chi connectivity index (χ2v) is 8.51. The molecule has 1 unspecified atom stereocenters. The molecule has 1 atom stereocenters. The third-order valence-electron chi connectivity index (χ3n) is 6.36. The summed E-state index contributed by atoms with van der Waals surface area (Å²) in [5.74, 6) is -0.255. The second-order valence-electron chi connectivity index (χ2n) is 8.51. The van der Waals surface area contributed by atoms with Crippen molar-refractivity contribution >= 4 is 23.1 Å².